The molecule has 3 N–H and O–H groups in total. The summed E-state index contributed by atoms with van der Waals surface area (Å²) in [5.74, 6) is 0.530. The molecular formula is C21H35IN4O. The third-order valence-electron chi connectivity index (χ3n) is 5.66. The van der Waals surface area contributed by atoms with Crippen LogP contribution >= 0.6 is 24.0 Å². The van der Waals surface area contributed by atoms with Gasteiger partial charge in [-0.1, -0.05) is 25.3 Å². The van der Waals surface area contributed by atoms with Gasteiger partial charge in [-0.25, -0.2) is 0 Å². The molecule has 1 saturated heterocycles. The third kappa shape index (κ3) is 6.91. The number of aryl methyl sites for hydroxylation is 2. The van der Waals surface area contributed by atoms with Crippen molar-refractivity contribution in [2.75, 3.05) is 44.7 Å². The average Bonchev–Trinajstić information content (AvgIpc) is 2.61. The van der Waals surface area contributed by atoms with Crippen LogP contribution in [0.3, 0.4) is 0 Å². The van der Waals surface area contributed by atoms with Crippen molar-refractivity contribution in [1.82, 2.24) is 4.90 Å². The van der Waals surface area contributed by atoms with Gasteiger partial charge in [-0.05, 0) is 49.9 Å². The number of benzene rings is 1. The fourth-order valence-corrected chi connectivity index (χ4v) is 4.39. The smallest absolute Gasteiger partial charge is 0.193 e. The molecule has 27 heavy (non-hydrogen) atoms. The van der Waals surface area contributed by atoms with Crippen LogP contribution in [0.2, 0.25) is 0 Å². The van der Waals surface area contributed by atoms with Gasteiger partial charge < -0.3 is 15.8 Å². The Morgan fingerprint density at radius 1 is 1.11 bits per heavy atom. The zero-order valence-electron chi connectivity index (χ0n) is 16.8. The molecule has 0 spiro atoms. The number of rotatable bonds is 5. The molecule has 3 rings (SSSR count). The highest BCUT2D eigenvalue weighted by molar-refractivity contribution is 14.0. The third-order valence-corrected chi connectivity index (χ3v) is 5.66. The quantitative estimate of drug-likeness (QED) is 0.376. The van der Waals surface area contributed by atoms with Crippen molar-refractivity contribution in [1.29, 1.82) is 0 Å². The standard InChI is InChI=1S/C21H34N4O.HI/c1-17-12-18(2)14-19(13-17)24-20(22)23-15-21(6-4-3-5-7-21)16-25-8-10-26-11-9-25;/h12-14H,3-11,15-16H2,1-2H3,(H3,22,23,24);1H. The van der Waals surface area contributed by atoms with Crippen LogP contribution in [0.15, 0.2) is 23.2 Å². The van der Waals surface area contributed by atoms with E-state index >= 15 is 0 Å². The van der Waals surface area contributed by atoms with Gasteiger partial charge in [0.2, 0.25) is 0 Å². The Kier molecular flexibility index (Phi) is 8.82. The predicted octanol–water partition coefficient (Wildman–Crippen LogP) is 3.93. The van der Waals surface area contributed by atoms with Gasteiger partial charge in [0, 0.05) is 37.3 Å². The summed E-state index contributed by atoms with van der Waals surface area (Å²) < 4.78 is 5.51. The highest BCUT2D eigenvalue weighted by Crippen LogP contribution is 2.37. The van der Waals surface area contributed by atoms with Gasteiger partial charge >= 0.3 is 0 Å². The Morgan fingerprint density at radius 3 is 2.37 bits per heavy atom. The summed E-state index contributed by atoms with van der Waals surface area (Å²) >= 11 is 0. The molecule has 1 saturated carbocycles. The lowest BCUT2D eigenvalue weighted by Crippen LogP contribution is -2.46. The van der Waals surface area contributed by atoms with Crippen molar-refractivity contribution in [2.24, 2.45) is 16.1 Å². The Labute approximate surface area is 181 Å². The zero-order chi connectivity index (χ0) is 18.4. The maximum absolute atomic E-state index is 6.22. The normalized spacial score (nSPS) is 20.7. The summed E-state index contributed by atoms with van der Waals surface area (Å²) in [6, 6.07) is 6.39. The molecule has 2 fully saturated rings. The van der Waals surface area contributed by atoms with Gasteiger partial charge in [0.1, 0.15) is 0 Å². The molecule has 5 nitrogen and oxygen atoms in total. The first-order valence-electron chi connectivity index (χ1n) is 10.0. The van der Waals surface area contributed by atoms with E-state index in [0.717, 1.165) is 45.1 Å². The average molecular weight is 486 g/mol. The van der Waals surface area contributed by atoms with Crippen LogP contribution in [0.4, 0.5) is 5.69 Å². The summed E-state index contributed by atoms with van der Waals surface area (Å²) in [5, 5.41) is 3.28. The maximum Gasteiger partial charge on any atom is 0.193 e. The molecule has 0 aromatic heterocycles. The molecule has 1 aliphatic carbocycles. The molecule has 1 aromatic carbocycles. The number of anilines is 1. The molecule has 1 aromatic rings. The number of halogens is 1. The summed E-state index contributed by atoms with van der Waals surface area (Å²) in [7, 11) is 0. The molecular weight excluding hydrogens is 451 g/mol. The first kappa shape index (κ1) is 22.4. The number of morpholine rings is 1. The van der Waals surface area contributed by atoms with Crippen LogP contribution in [-0.2, 0) is 4.74 Å². The molecule has 0 unspecified atom stereocenters. The van der Waals surface area contributed by atoms with Crippen molar-refractivity contribution in [3.63, 3.8) is 0 Å². The first-order chi connectivity index (χ1) is 12.5. The number of ether oxygens (including phenoxy) is 1. The maximum atomic E-state index is 6.22. The SMILES string of the molecule is Cc1cc(C)cc(NC(N)=NCC2(CN3CCOCC3)CCCCC2)c1.I. The van der Waals surface area contributed by atoms with Crippen molar-refractivity contribution < 1.29 is 4.74 Å². The lowest BCUT2D eigenvalue weighted by molar-refractivity contribution is 0.00940. The van der Waals surface area contributed by atoms with Gasteiger partial charge in [-0.3, -0.25) is 9.89 Å². The molecule has 0 bridgehead atoms. The molecule has 1 aliphatic heterocycles. The Bertz CT molecular complexity index is 602. The number of guanidine groups is 1. The number of nitrogens with one attached hydrogen (secondary N) is 1. The molecule has 0 atom stereocenters. The van der Waals surface area contributed by atoms with E-state index in [0.29, 0.717) is 5.96 Å². The van der Waals surface area contributed by atoms with Gasteiger partial charge in [0.25, 0.3) is 0 Å². The number of nitrogens with zero attached hydrogens (tertiary/aromatic N) is 2. The molecule has 152 valence electrons. The number of hydrogen-bond donors (Lipinski definition) is 2. The summed E-state index contributed by atoms with van der Waals surface area (Å²) in [4.78, 5) is 7.32. The summed E-state index contributed by atoms with van der Waals surface area (Å²) in [6.07, 6.45) is 6.48. The lowest BCUT2D eigenvalue weighted by atomic mass is 9.73. The highest BCUT2D eigenvalue weighted by atomic mass is 127. The van der Waals surface area contributed by atoms with Crippen LogP contribution in [-0.4, -0.2) is 50.3 Å². The van der Waals surface area contributed by atoms with Crippen molar-refractivity contribution >= 4 is 35.6 Å². The second-order valence-electron chi connectivity index (χ2n) is 8.15. The van der Waals surface area contributed by atoms with Gasteiger partial charge in [0.05, 0.1) is 13.2 Å². The largest absolute Gasteiger partial charge is 0.379 e. The van der Waals surface area contributed by atoms with Gasteiger partial charge in [-0.2, -0.15) is 0 Å². The monoisotopic (exact) mass is 486 g/mol. The second-order valence-corrected chi connectivity index (χ2v) is 8.15. The molecule has 2 aliphatic rings. The van der Waals surface area contributed by atoms with E-state index in [4.69, 9.17) is 15.5 Å². The zero-order valence-corrected chi connectivity index (χ0v) is 19.1. The highest BCUT2D eigenvalue weighted by Gasteiger charge is 2.34. The molecule has 1 heterocycles. The fourth-order valence-electron chi connectivity index (χ4n) is 4.39. The van der Waals surface area contributed by atoms with E-state index < -0.39 is 0 Å². The molecule has 6 heteroatoms. The van der Waals surface area contributed by atoms with Crippen LogP contribution in [0.1, 0.15) is 43.2 Å². The van der Waals surface area contributed by atoms with E-state index in [-0.39, 0.29) is 29.4 Å². The fraction of sp³-hybridized carbons (Fsp3) is 0.667. The van der Waals surface area contributed by atoms with E-state index in [2.05, 4.69) is 42.3 Å². The topological polar surface area (TPSA) is 62.9 Å². The minimum atomic E-state index is 0. The molecule has 0 amide bonds. The number of aliphatic imine (C=N–C) groups is 1. The van der Waals surface area contributed by atoms with Crippen molar-refractivity contribution in [3.05, 3.63) is 29.3 Å². The van der Waals surface area contributed by atoms with Crippen LogP contribution in [0.5, 0.6) is 0 Å². The van der Waals surface area contributed by atoms with Crippen LogP contribution in [0.25, 0.3) is 0 Å². The second kappa shape index (κ2) is 10.6. The minimum Gasteiger partial charge on any atom is -0.379 e. The molecule has 0 radical (unpaired) electrons. The Morgan fingerprint density at radius 2 is 1.74 bits per heavy atom. The van der Waals surface area contributed by atoms with E-state index in [1.807, 2.05) is 0 Å². The number of nitrogens with two attached hydrogens (primary N) is 1. The summed E-state index contributed by atoms with van der Waals surface area (Å²) in [5.41, 5.74) is 9.98. The van der Waals surface area contributed by atoms with Gasteiger partial charge in [-0.15, -0.1) is 24.0 Å². The number of hydrogen-bond acceptors (Lipinski definition) is 3. The van der Waals surface area contributed by atoms with Crippen LogP contribution in [0, 0.1) is 19.3 Å². The first-order valence-corrected chi connectivity index (χ1v) is 10.0. The van der Waals surface area contributed by atoms with E-state index in [1.54, 1.807) is 0 Å². The van der Waals surface area contributed by atoms with Crippen molar-refractivity contribution in [2.45, 2.75) is 46.0 Å². The minimum absolute atomic E-state index is 0. The lowest BCUT2D eigenvalue weighted by Gasteiger charge is -2.41. The Balaban J connectivity index is 0.00000261. The van der Waals surface area contributed by atoms with Crippen molar-refractivity contribution in [3.8, 4) is 0 Å². The Hall–Kier alpha value is -0.860. The van der Waals surface area contributed by atoms with E-state index in [1.165, 1.54) is 43.2 Å². The van der Waals surface area contributed by atoms with Crippen LogP contribution < -0.4 is 11.1 Å². The van der Waals surface area contributed by atoms with E-state index in [9.17, 15) is 0 Å². The van der Waals surface area contributed by atoms with Gasteiger partial charge in [0.15, 0.2) is 5.96 Å². The predicted molar refractivity (Wildman–Crippen MR) is 124 cm³/mol. The summed E-state index contributed by atoms with van der Waals surface area (Å²) in [6.45, 7) is 9.94.